The van der Waals surface area contributed by atoms with Crippen molar-refractivity contribution in [2.45, 2.75) is 32.2 Å². The van der Waals surface area contributed by atoms with Gasteiger partial charge in [0.15, 0.2) is 0 Å². The quantitative estimate of drug-likeness (QED) is 0.920. The van der Waals surface area contributed by atoms with Gasteiger partial charge in [0.1, 0.15) is 5.82 Å². The number of amides is 1. The fourth-order valence-electron chi connectivity index (χ4n) is 2.94. The minimum Gasteiger partial charge on any atom is -0.341 e. The van der Waals surface area contributed by atoms with Gasteiger partial charge < -0.3 is 10.6 Å². The van der Waals surface area contributed by atoms with Gasteiger partial charge in [0.25, 0.3) is 0 Å². The molecule has 1 amide bonds. The van der Waals surface area contributed by atoms with Crippen molar-refractivity contribution in [1.29, 1.82) is 0 Å². The second-order valence-electron chi connectivity index (χ2n) is 5.78. The fraction of sp³-hybridized carbons (Fsp3) is 0.562. The van der Waals surface area contributed by atoms with Crippen LogP contribution < -0.4 is 5.73 Å². The third kappa shape index (κ3) is 3.79. The van der Waals surface area contributed by atoms with Gasteiger partial charge >= 0.3 is 0 Å². The van der Waals surface area contributed by atoms with Crippen LogP contribution in [-0.2, 0) is 11.3 Å². The third-order valence-electron chi connectivity index (χ3n) is 4.21. The van der Waals surface area contributed by atoms with E-state index in [-0.39, 0.29) is 17.6 Å². The Kier molecular flexibility index (Phi) is 5.12. The summed E-state index contributed by atoms with van der Waals surface area (Å²) in [5.74, 6) is 0.598. The second-order valence-corrected chi connectivity index (χ2v) is 5.78. The molecule has 2 N–H and O–H groups in total. The van der Waals surface area contributed by atoms with E-state index in [4.69, 9.17) is 5.73 Å². The van der Waals surface area contributed by atoms with E-state index >= 15 is 0 Å². The molecule has 110 valence electrons. The molecule has 0 unspecified atom stereocenters. The maximum atomic E-state index is 13.1. The minimum absolute atomic E-state index is 0.108. The molecule has 0 aromatic heterocycles. The Morgan fingerprint density at radius 3 is 2.65 bits per heavy atom. The van der Waals surface area contributed by atoms with Crippen molar-refractivity contribution < 1.29 is 9.18 Å². The van der Waals surface area contributed by atoms with Gasteiger partial charge in [-0.05, 0) is 55.8 Å². The maximum absolute atomic E-state index is 13.1. The van der Waals surface area contributed by atoms with Gasteiger partial charge in [-0.2, -0.15) is 0 Å². The number of hydrogen-bond acceptors (Lipinski definition) is 2. The molecule has 0 heterocycles. The number of nitrogens with zero attached hydrogens (tertiary/aromatic N) is 1. The highest BCUT2D eigenvalue weighted by Gasteiger charge is 2.27. The Balaban J connectivity index is 1.89. The molecule has 20 heavy (non-hydrogen) atoms. The van der Waals surface area contributed by atoms with Crippen LogP contribution in [-0.4, -0.2) is 24.4 Å². The van der Waals surface area contributed by atoms with Gasteiger partial charge in [0.2, 0.25) is 5.91 Å². The van der Waals surface area contributed by atoms with Crippen LogP contribution in [0.1, 0.15) is 31.2 Å². The van der Waals surface area contributed by atoms with E-state index in [0.29, 0.717) is 12.5 Å². The number of nitrogens with two attached hydrogens (primary N) is 1. The molecule has 4 heteroatoms. The van der Waals surface area contributed by atoms with Crippen molar-refractivity contribution in [1.82, 2.24) is 4.90 Å². The lowest BCUT2D eigenvalue weighted by molar-refractivity contribution is -0.136. The molecule has 1 fully saturated rings. The molecule has 0 atom stereocenters. The largest absolute Gasteiger partial charge is 0.341 e. The molecule has 0 spiro atoms. The summed E-state index contributed by atoms with van der Waals surface area (Å²) in [6, 6.07) is 6.42. The van der Waals surface area contributed by atoms with Crippen LogP contribution in [0.5, 0.6) is 0 Å². The van der Waals surface area contributed by atoms with Crippen LogP contribution in [0.2, 0.25) is 0 Å². The van der Waals surface area contributed by atoms with Crippen molar-refractivity contribution in [3.63, 3.8) is 0 Å². The average Bonchev–Trinajstić information content (AvgIpc) is 2.46. The first-order valence-corrected chi connectivity index (χ1v) is 7.29. The predicted molar refractivity (Wildman–Crippen MR) is 77.4 cm³/mol. The SMILES string of the molecule is CN(Cc1cccc(F)c1)C(=O)C1CCC(CN)CC1. The highest BCUT2D eigenvalue weighted by atomic mass is 19.1. The number of halogens is 1. The number of hydrogen-bond donors (Lipinski definition) is 1. The summed E-state index contributed by atoms with van der Waals surface area (Å²) in [6.45, 7) is 1.19. The van der Waals surface area contributed by atoms with Crippen molar-refractivity contribution in [2.75, 3.05) is 13.6 Å². The van der Waals surface area contributed by atoms with E-state index in [1.165, 1.54) is 12.1 Å². The smallest absolute Gasteiger partial charge is 0.225 e. The van der Waals surface area contributed by atoms with Gasteiger partial charge in [-0.1, -0.05) is 12.1 Å². The minimum atomic E-state index is -0.258. The Labute approximate surface area is 120 Å². The van der Waals surface area contributed by atoms with Crippen LogP contribution >= 0.6 is 0 Å². The Hall–Kier alpha value is -1.42. The first kappa shape index (κ1) is 15.0. The zero-order valence-corrected chi connectivity index (χ0v) is 12.0. The summed E-state index contributed by atoms with van der Waals surface area (Å²) >= 11 is 0. The van der Waals surface area contributed by atoms with Gasteiger partial charge in [-0.25, -0.2) is 4.39 Å². The summed E-state index contributed by atoms with van der Waals surface area (Å²) < 4.78 is 13.1. The summed E-state index contributed by atoms with van der Waals surface area (Å²) in [6.07, 6.45) is 3.93. The summed E-state index contributed by atoms with van der Waals surface area (Å²) in [7, 11) is 1.79. The molecular weight excluding hydrogens is 255 g/mol. The van der Waals surface area contributed by atoms with Gasteiger partial charge in [-0.3, -0.25) is 4.79 Å². The van der Waals surface area contributed by atoms with Gasteiger partial charge in [0.05, 0.1) is 0 Å². The Morgan fingerprint density at radius 2 is 2.05 bits per heavy atom. The average molecular weight is 278 g/mol. The molecular formula is C16H23FN2O. The van der Waals surface area contributed by atoms with E-state index in [1.807, 2.05) is 6.07 Å². The molecule has 1 saturated carbocycles. The number of carbonyl (C=O) groups excluding carboxylic acids is 1. The normalized spacial score (nSPS) is 22.6. The molecule has 0 saturated heterocycles. The van der Waals surface area contributed by atoms with Crippen LogP contribution in [0.25, 0.3) is 0 Å². The highest BCUT2D eigenvalue weighted by Crippen LogP contribution is 2.29. The summed E-state index contributed by atoms with van der Waals surface area (Å²) in [5.41, 5.74) is 6.50. The predicted octanol–water partition coefficient (Wildman–Crippen LogP) is 2.55. The lowest BCUT2D eigenvalue weighted by Gasteiger charge is -2.30. The standard InChI is InChI=1S/C16H23FN2O/c1-19(11-13-3-2-4-15(17)9-13)16(20)14-7-5-12(10-18)6-8-14/h2-4,9,12,14H,5-8,10-11,18H2,1H3. The highest BCUT2D eigenvalue weighted by molar-refractivity contribution is 5.78. The molecule has 1 aliphatic carbocycles. The lowest BCUT2D eigenvalue weighted by Crippen LogP contribution is -2.35. The van der Waals surface area contributed by atoms with Gasteiger partial charge in [-0.15, -0.1) is 0 Å². The topological polar surface area (TPSA) is 46.3 Å². The monoisotopic (exact) mass is 278 g/mol. The van der Waals surface area contributed by atoms with Crippen molar-refractivity contribution >= 4 is 5.91 Å². The van der Waals surface area contributed by atoms with Crippen molar-refractivity contribution in [3.8, 4) is 0 Å². The third-order valence-corrected chi connectivity index (χ3v) is 4.21. The number of benzene rings is 1. The second kappa shape index (κ2) is 6.84. The van der Waals surface area contributed by atoms with Crippen LogP contribution in [0.3, 0.4) is 0 Å². The van der Waals surface area contributed by atoms with Crippen molar-refractivity contribution in [3.05, 3.63) is 35.6 Å². The summed E-state index contributed by atoms with van der Waals surface area (Å²) in [5, 5.41) is 0. The van der Waals surface area contributed by atoms with Gasteiger partial charge in [0, 0.05) is 19.5 Å². The van der Waals surface area contributed by atoms with Crippen LogP contribution in [0.15, 0.2) is 24.3 Å². The molecule has 3 nitrogen and oxygen atoms in total. The lowest BCUT2D eigenvalue weighted by atomic mass is 9.81. The van der Waals surface area contributed by atoms with E-state index in [1.54, 1.807) is 18.0 Å². The molecule has 0 radical (unpaired) electrons. The Bertz CT molecular complexity index is 456. The molecule has 1 aromatic carbocycles. The first-order chi connectivity index (χ1) is 9.60. The fourth-order valence-corrected chi connectivity index (χ4v) is 2.94. The molecule has 2 rings (SSSR count). The zero-order valence-electron chi connectivity index (χ0n) is 12.0. The Morgan fingerprint density at radius 1 is 1.35 bits per heavy atom. The van der Waals surface area contributed by atoms with E-state index in [9.17, 15) is 9.18 Å². The van der Waals surface area contributed by atoms with E-state index in [0.717, 1.165) is 37.8 Å². The summed E-state index contributed by atoms with van der Waals surface area (Å²) in [4.78, 5) is 14.1. The first-order valence-electron chi connectivity index (χ1n) is 7.29. The van der Waals surface area contributed by atoms with Crippen LogP contribution in [0, 0.1) is 17.7 Å². The molecule has 1 aliphatic rings. The maximum Gasteiger partial charge on any atom is 0.225 e. The van der Waals surface area contributed by atoms with Crippen molar-refractivity contribution in [2.24, 2.45) is 17.6 Å². The number of rotatable bonds is 4. The number of carbonyl (C=O) groups is 1. The van der Waals surface area contributed by atoms with E-state index < -0.39 is 0 Å². The molecule has 0 aliphatic heterocycles. The van der Waals surface area contributed by atoms with E-state index in [2.05, 4.69) is 0 Å². The molecule has 0 bridgehead atoms. The molecule has 1 aromatic rings. The van der Waals surface area contributed by atoms with Crippen LogP contribution in [0.4, 0.5) is 4.39 Å². The zero-order chi connectivity index (χ0) is 14.5.